The van der Waals surface area contributed by atoms with Crippen molar-refractivity contribution in [1.82, 2.24) is 9.88 Å². The number of Topliss-reactive ketones (excluding diaryl/α,β-unsaturated/α-hetero) is 2. The molecule has 1 saturated heterocycles. The lowest BCUT2D eigenvalue weighted by atomic mass is 9.76. The summed E-state index contributed by atoms with van der Waals surface area (Å²) in [6.07, 6.45) is 6.22. The van der Waals surface area contributed by atoms with Gasteiger partial charge in [-0.2, -0.15) is 0 Å². The molecular formula is C22H32N4O2. The number of ketones is 2. The summed E-state index contributed by atoms with van der Waals surface area (Å²) >= 11 is 0. The van der Waals surface area contributed by atoms with Crippen LogP contribution in [0.3, 0.4) is 0 Å². The Balaban J connectivity index is 1.30. The van der Waals surface area contributed by atoms with Crippen LogP contribution in [-0.4, -0.2) is 60.7 Å². The van der Waals surface area contributed by atoms with Crippen LogP contribution in [0.15, 0.2) is 18.3 Å². The minimum Gasteiger partial charge on any atom is -0.382 e. The van der Waals surface area contributed by atoms with Crippen molar-refractivity contribution in [2.45, 2.75) is 39.0 Å². The Morgan fingerprint density at radius 2 is 2.04 bits per heavy atom. The lowest BCUT2D eigenvalue weighted by Gasteiger charge is -2.36. The molecule has 152 valence electrons. The summed E-state index contributed by atoms with van der Waals surface area (Å²) in [5, 5.41) is 3.39. The molecule has 0 bridgehead atoms. The van der Waals surface area contributed by atoms with Crippen LogP contribution >= 0.6 is 0 Å². The third-order valence-electron chi connectivity index (χ3n) is 6.84. The SMILES string of the molecule is CCNc1cccnc1N1CCN(CC(=O)C2CCC3CC(=O)CCC32)CC1. The maximum Gasteiger partial charge on any atom is 0.152 e. The number of aromatic nitrogens is 1. The van der Waals surface area contributed by atoms with Crippen molar-refractivity contribution in [3.63, 3.8) is 0 Å². The standard InChI is InChI=1S/C22H32N4O2/c1-2-23-20-4-3-9-24-22(20)26-12-10-25(11-13-26)15-21(28)19-7-5-16-14-17(27)6-8-18(16)19/h3-4,9,16,18-19,23H,2,5-8,10-15H2,1H3. The van der Waals surface area contributed by atoms with Crippen LogP contribution < -0.4 is 10.2 Å². The zero-order chi connectivity index (χ0) is 19.5. The van der Waals surface area contributed by atoms with E-state index in [1.54, 1.807) is 0 Å². The summed E-state index contributed by atoms with van der Waals surface area (Å²) in [5.74, 6) is 2.94. The molecule has 2 aliphatic carbocycles. The number of fused-ring (bicyclic) bond motifs is 1. The zero-order valence-corrected chi connectivity index (χ0v) is 16.9. The number of pyridine rings is 1. The average Bonchev–Trinajstić information content (AvgIpc) is 3.12. The molecule has 0 radical (unpaired) electrons. The van der Waals surface area contributed by atoms with Gasteiger partial charge in [-0.1, -0.05) is 0 Å². The molecule has 28 heavy (non-hydrogen) atoms. The predicted octanol–water partition coefficient (Wildman–Crippen LogP) is 2.60. The smallest absolute Gasteiger partial charge is 0.152 e. The second kappa shape index (κ2) is 8.60. The van der Waals surface area contributed by atoms with Gasteiger partial charge in [-0.3, -0.25) is 14.5 Å². The van der Waals surface area contributed by atoms with Gasteiger partial charge in [-0.05, 0) is 50.2 Å². The van der Waals surface area contributed by atoms with E-state index in [9.17, 15) is 9.59 Å². The summed E-state index contributed by atoms with van der Waals surface area (Å²) in [4.78, 5) is 33.9. The second-order valence-electron chi connectivity index (χ2n) is 8.52. The highest BCUT2D eigenvalue weighted by atomic mass is 16.1. The van der Waals surface area contributed by atoms with Crippen LogP contribution in [0.1, 0.15) is 39.0 Å². The van der Waals surface area contributed by atoms with E-state index in [-0.39, 0.29) is 5.92 Å². The summed E-state index contributed by atoms with van der Waals surface area (Å²) in [6, 6.07) is 4.04. The van der Waals surface area contributed by atoms with Crippen molar-refractivity contribution in [2.24, 2.45) is 17.8 Å². The normalized spacial score (nSPS) is 28.2. The van der Waals surface area contributed by atoms with Gasteiger partial charge in [0.25, 0.3) is 0 Å². The van der Waals surface area contributed by atoms with Crippen LogP contribution in [-0.2, 0) is 9.59 Å². The molecule has 6 heteroatoms. The van der Waals surface area contributed by atoms with Crippen molar-refractivity contribution in [3.05, 3.63) is 18.3 Å². The van der Waals surface area contributed by atoms with Crippen molar-refractivity contribution >= 4 is 23.1 Å². The van der Waals surface area contributed by atoms with E-state index in [2.05, 4.69) is 33.1 Å². The number of anilines is 2. The van der Waals surface area contributed by atoms with Gasteiger partial charge >= 0.3 is 0 Å². The van der Waals surface area contributed by atoms with Crippen LogP contribution in [0.5, 0.6) is 0 Å². The summed E-state index contributed by atoms with van der Waals surface area (Å²) in [7, 11) is 0. The summed E-state index contributed by atoms with van der Waals surface area (Å²) in [5.41, 5.74) is 1.08. The van der Waals surface area contributed by atoms with Crippen molar-refractivity contribution < 1.29 is 9.59 Å². The first kappa shape index (κ1) is 19.4. The van der Waals surface area contributed by atoms with Crippen molar-refractivity contribution in [2.75, 3.05) is 49.5 Å². The first-order valence-electron chi connectivity index (χ1n) is 10.9. The van der Waals surface area contributed by atoms with Gasteiger partial charge in [0, 0.05) is 57.7 Å². The fourth-order valence-electron chi connectivity index (χ4n) is 5.40. The van der Waals surface area contributed by atoms with Crippen LogP contribution in [0.2, 0.25) is 0 Å². The second-order valence-corrected chi connectivity index (χ2v) is 8.52. The topological polar surface area (TPSA) is 65.5 Å². The van der Waals surface area contributed by atoms with E-state index in [1.165, 1.54) is 0 Å². The first-order valence-corrected chi connectivity index (χ1v) is 10.9. The monoisotopic (exact) mass is 384 g/mol. The van der Waals surface area contributed by atoms with E-state index in [4.69, 9.17) is 0 Å². The molecule has 6 nitrogen and oxygen atoms in total. The summed E-state index contributed by atoms with van der Waals surface area (Å²) in [6.45, 7) is 7.12. The molecule has 3 fully saturated rings. The third-order valence-corrected chi connectivity index (χ3v) is 6.84. The average molecular weight is 385 g/mol. The minimum absolute atomic E-state index is 0.187. The van der Waals surface area contributed by atoms with Crippen molar-refractivity contribution in [1.29, 1.82) is 0 Å². The molecular weight excluding hydrogens is 352 g/mol. The molecule has 2 heterocycles. The van der Waals surface area contributed by atoms with Gasteiger partial charge in [0.15, 0.2) is 5.82 Å². The molecule has 1 aromatic rings. The molecule has 1 N–H and O–H groups in total. The quantitative estimate of drug-likeness (QED) is 0.813. The van der Waals surface area contributed by atoms with E-state index in [1.807, 2.05) is 12.3 Å². The summed E-state index contributed by atoms with van der Waals surface area (Å²) < 4.78 is 0. The molecule has 0 aromatic carbocycles. The molecule has 2 saturated carbocycles. The van der Waals surface area contributed by atoms with Gasteiger partial charge < -0.3 is 10.2 Å². The highest BCUT2D eigenvalue weighted by Crippen LogP contribution is 2.45. The number of carbonyl (C=O) groups excluding carboxylic acids is 2. The van der Waals surface area contributed by atoms with Crippen LogP contribution in [0, 0.1) is 17.8 Å². The third kappa shape index (κ3) is 4.07. The number of piperazine rings is 1. The molecule has 3 atom stereocenters. The predicted molar refractivity (Wildman–Crippen MR) is 111 cm³/mol. The number of hydrogen-bond donors (Lipinski definition) is 1. The number of nitrogens with zero attached hydrogens (tertiary/aromatic N) is 3. The highest BCUT2D eigenvalue weighted by Gasteiger charge is 2.43. The highest BCUT2D eigenvalue weighted by molar-refractivity contribution is 5.85. The molecule has 3 unspecified atom stereocenters. The Labute approximate surface area is 167 Å². The fraction of sp³-hybridized carbons (Fsp3) is 0.682. The van der Waals surface area contributed by atoms with E-state index < -0.39 is 0 Å². The zero-order valence-electron chi connectivity index (χ0n) is 16.9. The Morgan fingerprint density at radius 3 is 2.82 bits per heavy atom. The first-order chi connectivity index (χ1) is 13.7. The molecule has 3 aliphatic rings. The van der Waals surface area contributed by atoms with E-state index >= 15 is 0 Å². The lowest BCUT2D eigenvalue weighted by molar-refractivity contribution is -0.128. The number of nitrogens with one attached hydrogen (secondary N) is 1. The van der Waals surface area contributed by atoms with Crippen LogP contribution in [0.4, 0.5) is 11.5 Å². The Kier molecular flexibility index (Phi) is 5.95. The molecule has 1 aliphatic heterocycles. The van der Waals surface area contributed by atoms with E-state index in [0.717, 1.165) is 63.5 Å². The minimum atomic E-state index is 0.187. The molecule has 4 rings (SSSR count). The maximum atomic E-state index is 13.0. The Bertz CT molecular complexity index is 714. The van der Waals surface area contributed by atoms with Crippen LogP contribution in [0.25, 0.3) is 0 Å². The molecule has 1 aromatic heterocycles. The number of hydrogen-bond acceptors (Lipinski definition) is 6. The Hall–Kier alpha value is -1.95. The largest absolute Gasteiger partial charge is 0.382 e. The van der Waals surface area contributed by atoms with Gasteiger partial charge in [0.1, 0.15) is 11.6 Å². The van der Waals surface area contributed by atoms with Gasteiger partial charge in [0.05, 0.1) is 12.2 Å². The van der Waals surface area contributed by atoms with Gasteiger partial charge in [-0.25, -0.2) is 4.98 Å². The Morgan fingerprint density at radius 1 is 1.21 bits per heavy atom. The molecule has 0 spiro atoms. The van der Waals surface area contributed by atoms with E-state index in [0.29, 0.717) is 42.8 Å². The lowest BCUT2D eigenvalue weighted by Crippen LogP contribution is -2.49. The van der Waals surface area contributed by atoms with Gasteiger partial charge in [-0.15, -0.1) is 0 Å². The molecule has 0 amide bonds. The fourth-order valence-corrected chi connectivity index (χ4v) is 5.40. The number of rotatable bonds is 6. The maximum absolute atomic E-state index is 13.0. The van der Waals surface area contributed by atoms with Gasteiger partial charge in [0.2, 0.25) is 0 Å². The number of carbonyl (C=O) groups is 2. The van der Waals surface area contributed by atoms with Crippen molar-refractivity contribution in [3.8, 4) is 0 Å².